The van der Waals surface area contributed by atoms with Gasteiger partial charge in [-0.2, -0.15) is 10.4 Å². The molecule has 144 valence electrons. The molecule has 0 atom stereocenters. The SMILES string of the molecule is N#Cc1ccccc1Cn1nc(-c2ccc(C3OCCCO3)o2)c2ccccc21. The van der Waals surface area contributed by atoms with Crippen LogP contribution in [0.2, 0.25) is 0 Å². The van der Waals surface area contributed by atoms with Gasteiger partial charge in [0.2, 0.25) is 6.29 Å². The maximum Gasteiger partial charge on any atom is 0.217 e. The highest BCUT2D eigenvalue weighted by Gasteiger charge is 2.22. The van der Waals surface area contributed by atoms with Gasteiger partial charge in [-0.05, 0) is 36.2 Å². The van der Waals surface area contributed by atoms with Gasteiger partial charge < -0.3 is 13.9 Å². The first-order valence-corrected chi connectivity index (χ1v) is 9.60. The summed E-state index contributed by atoms with van der Waals surface area (Å²) in [6, 6.07) is 21.6. The maximum absolute atomic E-state index is 9.40. The summed E-state index contributed by atoms with van der Waals surface area (Å²) < 4.78 is 19.2. The summed E-state index contributed by atoms with van der Waals surface area (Å²) >= 11 is 0. The van der Waals surface area contributed by atoms with E-state index in [9.17, 15) is 5.26 Å². The summed E-state index contributed by atoms with van der Waals surface area (Å²) in [6.45, 7) is 1.83. The fourth-order valence-electron chi connectivity index (χ4n) is 3.62. The number of nitrogens with zero attached hydrogens (tertiary/aromatic N) is 3. The van der Waals surface area contributed by atoms with Crippen molar-refractivity contribution in [3.05, 3.63) is 77.6 Å². The van der Waals surface area contributed by atoms with Crippen LogP contribution in [0.3, 0.4) is 0 Å². The molecular formula is C23H19N3O3. The molecule has 2 aromatic heterocycles. The quantitative estimate of drug-likeness (QED) is 0.511. The summed E-state index contributed by atoms with van der Waals surface area (Å²) in [6.07, 6.45) is 0.428. The van der Waals surface area contributed by atoms with E-state index in [0.717, 1.165) is 28.6 Å². The molecule has 0 amide bonds. The van der Waals surface area contributed by atoms with E-state index >= 15 is 0 Å². The van der Waals surface area contributed by atoms with E-state index in [4.69, 9.17) is 19.0 Å². The number of ether oxygens (including phenoxy) is 2. The Labute approximate surface area is 167 Å². The lowest BCUT2D eigenvalue weighted by atomic mass is 10.1. The summed E-state index contributed by atoms with van der Waals surface area (Å²) in [5, 5.41) is 15.2. The predicted octanol–water partition coefficient (Wildman–Crippen LogP) is 4.65. The smallest absolute Gasteiger partial charge is 0.217 e. The Hall–Kier alpha value is -3.40. The first kappa shape index (κ1) is 17.7. The third-order valence-electron chi connectivity index (χ3n) is 5.04. The Morgan fingerprint density at radius 1 is 1.00 bits per heavy atom. The van der Waals surface area contributed by atoms with Gasteiger partial charge in [-0.15, -0.1) is 0 Å². The highest BCUT2D eigenvalue weighted by molar-refractivity contribution is 5.92. The molecule has 0 N–H and O–H groups in total. The highest BCUT2D eigenvalue weighted by atomic mass is 16.7. The number of fused-ring (bicyclic) bond motifs is 1. The minimum atomic E-state index is -0.464. The van der Waals surface area contributed by atoms with Crippen LogP contribution in [0.4, 0.5) is 0 Å². The van der Waals surface area contributed by atoms with Crippen molar-refractivity contribution in [3.63, 3.8) is 0 Å². The Kier molecular flexibility index (Phi) is 4.60. The molecule has 5 rings (SSSR count). The third kappa shape index (κ3) is 3.31. The van der Waals surface area contributed by atoms with Gasteiger partial charge in [0.1, 0.15) is 5.69 Å². The van der Waals surface area contributed by atoms with Gasteiger partial charge in [-0.3, -0.25) is 4.68 Å². The number of rotatable bonds is 4. The number of para-hydroxylation sites is 1. The molecule has 1 saturated heterocycles. The van der Waals surface area contributed by atoms with Gasteiger partial charge in [0.25, 0.3) is 0 Å². The van der Waals surface area contributed by atoms with Crippen molar-refractivity contribution in [2.24, 2.45) is 0 Å². The number of furan rings is 1. The molecule has 1 aliphatic rings. The molecule has 0 aliphatic carbocycles. The Morgan fingerprint density at radius 3 is 2.66 bits per heavy atom. The first-order chi connectivity index (χ1) is 14.3. The van der Waals surface area contributed by atoms with Crippen molar-refractivity contribution in [1.82, 2.24) is 9.78 Å². The Balaban J connectivity index is 1.54. The normalized spacial score (nSPS) is 14.9. The molecule has 0 bridgehead atoms. The number of hydrogen-bond donors (Lipinski definition) is 0. The predicted molar refractivity (Wildman–Crippen MR) is 107 cm³/mol. The topological polar surface area (TPSA) is 73.2 Å². The lowest BCUT2D eigenvalue weighted by Gasteiger charge is -2.21. The highest BCUT2D eigenvalue weighted by Crippen LogP contribution is 2.33. The average Bonchev–Trinajstić information content (AvgIpc) is 3.40. The van der Waals surface area contributed by atoms with Crippen molar-refractivity contribution in [2.75, 3.05) is 13.2 Å². The van der Waals surface area contributed by atoms with Crippen LogP contribution in [0.5, 0.6) is 0 Å². The lowest BCUT2D eigenvalue weighted by molar-refractivity contribution is -0.191. The standard InChI is InChI=1S/C23H19N3O3/c24-14-16-6-1-2-7-17(16)15-26-19-9-4-3-8-18(19)22(25-26)20-10-11-21(29-20)23-27-12-5-13-28-23/h1-4,6-11,23H,5,12-13,15H2. The van der Waals surface area contributed by atoms with Crippen LogP contribution in [0, 0.1) is 11.3 Å². The molecule has 1 fully saturated rings. The van der Waals surface area contributed by atoms with Crippen molar-refractivity contribution < 1.29 is 13.9 Å². The zero-order valence-electron chi connectivity index (χ0n) is 15.7. The number of aromatic nitrogens is 2. The Bertz CT molecular complexity index is 1200. The van der Waals surface area contributed by atoms with Gasteiger partial charge in [0.15, 0.2) is 11.5 Å². The van der Waals surface area contributed by atoms with E-state index in [0.29, 0.717) is 36.8 Å². The summed E-state index contributed by atoms with van der Waals surface area (Å²) in [5.41, 5.74) is 3.33. The second kappa shape index (κ2) is 7.55. The molecule has 6 heteroatoms. The molecule has 0 radical (unpaired) electrons. The fraction of sp³-hybridized carbons (Fsp3) is 0.217. The van der Waals surface area contributed by atoms with Crippen molar-refractivity contribution in [2.45, 2.75) is 19.3 Å². The van der Waals surface area contributed by atoms with Crippen LogP contribution in [-0.4, -0.2) is 23.0 Å². The third-order valence-corrected chi connectivity index (χ3v) is 5.04. The van der Waals surface area contributed by atoms with Crippen LogP contribution in [-0.2, 0) is 16.0 Å². The molecule has 29 heavy (non-hydrogen) atoms. The zero-order chi connectivity index (χ0) is 19.6. The van der Waals surface area contributed by atoms with Crippen molar-refractivity contribution in [3.8, 4) is 17.5 Å². The maximum atomic E-state index is 9.40. The summed E-state index contributed by atoms with van der Waals surface area (Å²) in [5.74, 6) is 1.31. The van der Waals surface area contributed by atoms with E-state index in [1.807, 2.05) is 65.3 Å². The zero-order valence-corrected chi connectivity index (χ0v) is 15.7. The van der Waals surface area contributed by atoms with Crippen LogP contribution in [0.15, 0.2) is 65.1 Å². The molecule has 0 unspecified atom stereocenters. The molecule has 0 spiro atoms. The van der Waals surface area contributed by atoms with E-state index in [2.05, 4.69) is 6.07 Å². The number of nitriles is 1. The largest absolute Gasteiger partial charge is 0.454 e. The minimum Gasteiger partial charge on any atom is -0.454 e. The fourth-order valence-corrected chi connectivity index (χ4v) is 3.62. The van der Waals surface area contributed by atoms with E-state index < -0.39 is 6.29 Å². The van der Waals surface area contributed by atoms with Gasteiger partial charge in [-0.25, -0.2) is 0 Å². The van der Waals surface area contributed by atoms with E-state index in [1.54, 1.807) is 0 Å². The van der Waals surface area contributed by atoms with Crippen LogP contribution < -0.4 is 0 Å². The lowest BCUT2D eigenvalue weighted by Crippen LogP contribution is -2.17. The van der Waals surface area contributed by atoms with E-state index in [-0.39, 0.29) is 0 Å². The second-order valence-electron chi connectivity index (χ2n) is 6.92. The van der Waals surface area contributed by atoms with Crippen LogP contribution >= 0.6 is 0 Å². The van der Waals surface area contributed by atoms with E-state index in [1.165, 1.54) is 0 Å². The molecule has 1 aliphatic heterocycles. The number of hydrogen-bond acceptors (Lipinski definition) is 5. The van der Waals surface area contributed by atoms with Crippen molar-refractivity contribution in [1.29, 1.82) is 5.26 Å². The monoisotopic (exact) mass is 385 g/mol. The van der Waals surface area contributed by atoms with Gasteiger partial charge >= 0.3 is 0 Å². The van der Waals surface area contributed by atoms with Gasteiger partial charge in [-0.1, -0.05) is 36.4 Å². The minimum absolute atomic E-state index is 0.464. The average molecular weight is 385 g/mol. The van der Waals surface area contributed by atoms with Gasteiger partial charge in [0.05, 0.1) is 36.9 Å². The van der Waals surface area contributed by atoms with Crippen LogP contribution in [0.1, 0.15) is 29.6 Å². The summed E-state index contributed by atoms with van der Waals surface area (Å²) in [7, 11) is 0. The van der Waals surface area contributed by atoms with Gasteiger partial charge in [0, 0.05) is 5.39 Å². The van der Waals surface area contributed by atoms with Crippen LogP contribution in [0.25, 0.3) is 22.4 Å². The first-order valence-electron chi connectivity index (χ1n) is 9.60. The molecule has 6 nitrogen and oxygen atoms in total. The van der Waals surface area contributed by atoms with Crippen molar-refractivity contribution >= 4 is 10.9 Å². The summed E-state index contributed by atoms with van der Waals surface area (Å²) in [4.78, 5) is 0. The molecular weight excluding hydrogens is 366 g/mol. The molecule has 3 heterocycles. The second-order valence-corrected chi connectivity index (χ2v) is 6.92. The molecule has 0 saturated carbocycles. The number of benzene rings is 2. The Morgan fingerprint density at radius 2 is 1.79 bits per heavy atom. The molecule has 2 aromatic carbocycles. The molecule has 4 aromatic rings.